The molecule has 0 aliphatic carbocycles. The molecule has 5 rings (SSSR count). The third-order valence-corrected chi connectivity index (χ3v) is 5.99. The highest BCUT2D eigenvalue weighted by Crippen LogP contribution is 2.47. The minimum Gasteiger partial charge on any atom is -0.456 e. The molecule has 1 aliphatic heterocycles. The Morgan fingerprint density at radius 3 is 2.44 bits per heavy atom. The van der Waals surface area contributed by atoms with E-state index in [2.05, 4.69) is 93.1 Å². The topological polar surface area (TPSA) is 19.6 Å². The maximum atomic E-state index is 6.23. The van der Waals surface area contributed by atoms with Crippen molar-refractivity contribution in [2.45, 2.75) is 33.9 Å². The first-order chi connectivity index (χ1) is 13.0. The zero-order chi connectivity index (χ0) is 18.9. The maximum Gasteiger partial charge on any atom is 0.138 e. The lowest BCUT2D eigenvalue weighted by molar-refractivity contribution is 0.665. The number of aryl methyl sites for hydroxylation is 3. The van der Waals surface area contributed by atoms with Crippen LogP contribution < -0.4 is 9.80 Å². The molecule has 0 fully saturated rings. The molecule has 3 aromatic carbocycles. The molecule has 0 amide bonds. The number of hydrogen-bond acceptors (Lipinski definition) is 3. The molecule has 0 saturated carbocycles. The Kier molecular flexibility index (Phi) is 3.33. The van der Waals surface area contributed by atoms with Gasteiger partial charge in [-0.25, -0.2) is 0 Å². The van der Waals surface area contributed by atoms with Gasteiger partial charge in [-0.15, -0.1) is 0 Å². The molecule has 0 spiro atoms. The molecule has 1 atom stereocenters. The average Bonchev–Trinajstić information content (AvgIpc) is 3.13. The van der Waals surface area contributed by atoms with Gasteiger partial charge in [0.1, 0.15) is 17.3 Å². The van der Waals surface area contributed by atoms with E-state index in [9.17, 15) is 0 Å². The minimum absolute atomic E-state index is 0.250. The predicted molar refractivity (Wildman–Crippen MR) is 114 cm³/mol. The van der Waals surface area contributed by atoms with Crippen molar-refractivity contribution in [2.24, 2.45) is 0 Å². The first-order valence-electron chi connectivity index (χ1n) is 9.51. The Morgan fingerprint density at radius 1 is 0.815 bits per heavy atom. The van der Waals surface area contributed by atoms with E-state index in [0.717, 1.165) is 11.2 Å². The molecule has 3 heteroatoms. The summed E-state index contributed by atoms with van der Waals surface area (Å²) in [5, 5.41) is 2.38. The zero-order valence-corrected chi connectivity index (χ0v) is 16.5. The van der Waals surface area contributed by atoms with Crippen molar-refractivity contribution in [3.63, 3.8) is 0 Å². The van der Waals surface area contributed by atoms with Gasteiger partial charge in [-0.05, 0) is 56.5 Å². The summed E-state index contributed by atoms with van der Waals surface area (Å²) >= 11 is 0. The zero-order valence-electron chi connectivity index (χ0n) is 16.5. The van der Waals surface area contributed by atoms with E-state index in [1.165, 1.54) is 44.5 Å². The minimum atomic E-state index is 0.250. The van der Waals surface area contributed by atoms with E-state index < -0.39 is 0 Å². The van der Waals surface area contributed by atoms with E-state index in [0.29, 0.717) is 0 Å². The summed E-state index contributed by atoms with van der Waals surface area (Å²) in [6, 6.07) is 17.6. The molecular weight excluding hydrogens is 332 g/mol. The van der Waals surface area contributed by atoms with Crippen LogP contribution in [0.25, 0.3) is 21.9 Å². The summed E-state index contributed by atoms with van der Waals surface area (Å²) in [5.41, 5.74) is 9.44. The molecule has 0 bridgehead atoms. The Labute approximate surface area is 159 Å². The van der Waals surface area contributed by atoms with Crippen molar-refractivity contribution in [3.05, 3.63) is 65.2 Å². The summed E-state index contributed by atoms with van der Waals surface area (Å²) in [6.45, 7) is 8.71. The summed E-state index contributed by atoms with van der Waals surface area (Å²) in [4.78, 5) is 4.78. The van der Waals surface area contributed by atoms with Crippen molar-refractivity contribution < 1.29 is 4.42 Å². The second-order valence-corrected chi connectivity index (χ2v) is 7.79. The van der Waals surface area contributed by atoms with Crippen molar-refractivity contribution >= 4 is 39.0 Å². The number of hydrogen-bond donors (Lipinski definition) is 0. The van der Waals surface area contributed by atoms with Crippen LogP contribution in [0.2, 0.25) is 0 Å². The fourth-order valence-corrected chi connectivity index (χ4v) is 4.32. The van der Waals surface area contributed by atoms with Crippen LogP contribution in [0.1, 0.15) is 23.6 Å². The lowest BCUT2D eigenvalue weighted by atomic mass is 10.1. The smallest absolute Gasteiger partial charge is 0.138 e. The highest BCUT2D eigenvalue weighted by molar-refractivity contribution is 6.09. The number of rotatable bonds is 1. The van der Waals surface area contributed by atoms with Crippen molar-refractivity contribution in [1.82, 2.24) is 0 Å². The van der Waals surface area contributed by atoms with E-state index in [1.807, 2.05) is 0 Å². The van der Waals surface area contributed by atoms with Crippen molar-refractivity contribution in [2.75, 3.05) is 16.8 Å². The number of fused-ring (bicyclic) bond motifs is 4. The molecule has 0 N–H and O–H groups in total. The Morgan fingerprint density at radius 2 is 1.63 bits per heavy atom. The second kappa shape index (κ2) is 5.53. The number of anilines is 3. The van der Waals surface area contributed by atoms with Gasteiger partial charge in [0.25, 0.3) is 0 Å². The monoisotopic (exact) mass is 356 g/mol. The summed E-state index contributed by atoms with van der Waals surface area (Å²) in [5.74, 6) is 0. The Balaban J connectivity index is 1.81. The van der Waals surface area contributed by atoms with E-state index in [-0.39, 0.29) is 6.17 Å². The average molecular weight is 356 g/mol. The van der Waals surface area contributed by atoms with Crippen LogP contribution >= 0.6 is 0 Å². The summed E-state index contributed by atoms with van der Waals surface area (Å²) in [6.07, 6.45) is 0.250. The first kappa shape index (κ1) is 16.2. The molecule has 3 nitrogen and oxygen atoms in total. The number of para-hydroxylation sites is 1. The molecular formula is C24H24N2O. The van der Waals surface area contributed by atoms with Gasteiger partial charge in [0.2, 0.25) is 0 Å². The molecule has 4 aromatic rings. The highest BCUT2D eigenvalue weighted by Gasteiger charge is 2.33. The van der Waals surface area contributed by atoms with Crippen LogP contribution in [0.4, 0.5) is 17.1 Å². The number of nitrogens with zero attached hydrogens (tertiary/aromatic N) is 2. The molecule has 136 valence electrons. The lowest BCUT2D eigenvalue weighted by Crippen LogP contribution is -2.35. The molecule has 2 heterocycles. The third kappa shape index (κ3) is 2.21. The quantitative estimate of drug-likeness (QED) is 0.391. The predicted octanol–water partition coefficient (Wildman–Crippen LogP) is 6.45. The molecule has 0 unspecified atom stereocenters. The summed E-state index contributed by atoms with van der Waals surface area (Å²) in [7, 11) is 2.16. The highest BCUT2D eigenvalue weighted by atomic mass is 16.3. The van der Waals surface area contributed by atoms with Gasteiger partial charge in [0.05, 0.1) is 11.4 Å². The van der Waals surface area contributed by atoms with Gasteiger partial charge in [-0.1, -0.05) is 30.3 Å². The van der Waals surface area contributed by atoms with E-state index in [1.54, 1.807) is 0 Å². The number of benzene rings is 3. The molecule has 0 radical (unpaired) electrons. The van der Waals surface area contributed by atoms with Crippen LogP contribution in [-0.2, 0) is 0 Å². The van der Waals surface area contributed by atoms with Gasteiger partial charge < -0.3 is 14.2 Å². The van der Waals surface area contributed by atoms with Gasteiger partial charge in [0.15, 0.2) is 0 Å². The molecule has 0 saturated heterocycles. The van der Waals surface area contributed by atoms with Gasteiger partial charge in [0, 0.05) is 29.6 Å². The van der Waals surface area contributed by atoms with Crippen LogP contribution in [0, 0.1) is 20.8 Å². The van der Waals surface area contributed by atoms with Crippen molar-refractivity contribution in [1.29, 1.82) is 0 Å². The SMILES string of the molecule is Cc1ccc(C)c(N2c3cc4c(cc3N(C)[C@@H]2C)oc2c(C)cccc24)c1. The fourth-order valence-electron chi connectivity index (χ4n) is 4.32. The molecule has 1 aliphatic rings. The summed E-state index contributed by atoms with van der Waals surface area (Å²) < 4.78 is 6.23. The third-order valence-electron chi connectivity index (χ3n) is 5.99. The molecule has 27 heavy (non-hydrogen) atoms. The molecule has 1 aromatic heterocycles. The Bertz CT molecular complexity index is 1200. The van der Waals surface area contributed by atoms with E-state index >= 15 is 0 Å². The van der Waals surface area contributed by atoms with E-state index in [4.69, 9.17) is 4.42 Å². The fraction of sp³-hybridized carbons (Fsp3) is 0.250. The van der Waals surface area contributed by atoms with Crippen LogP contribution in [-0.4, -0.2) is 13.2 Å². The Hall–Kier alpha value is -2.94. The van der Waals surface area contributed by atoms with Crippen LogP contribution in [0.3, 0.4) is 0 Å². The number of furan rings is 1. The largest absolute Gasteiger partial charge is 0.456 e. The maximum absolute atomic E-state index is 6.23. The van der Waals surface area contributed by atoms with Gasteiger partial charge in [-0.2, -0.15) is 0 Å². The van der Waals surface area contributed by atoms with Gasteiger partial charge in [-0.3, -0.25) is 0 Å². The first-order valence-corrected chi connectivity index (χ1v) is 9.51. The second-order valence-electron chi connectivity index (χ2n) is 7.79. The van der Waals surface area contributed by atoms with Crippen LogP contribution in [0.15, 0.2) is 52.9 Å². The van der Waals surface area contributed by atoms with Crippen molar-refractivity contribution in [3.8, 4) is 0 Å². The van der Waals surface area contributed by atoms with Gasteiger partial charge >= 0.3 is 0 Å². The standard InChI is InChI=1S/C24H24N2O/c1-14-9-10-15(2)20(11-14)26-17(4)25(5)21-13-23-19(12-22(21)26)18-8-6-7-16(3)24(18)27-23/h6-13,17H,1-5H3/t17-/m0/s1. The lowest BCUT2D eigenvalue weighted by Gasteiger charge is -2.29. The van der Waals surface area contributed by atoms with Crippen LogP contribution in [0.5, 0.6) is 0 Å². The normalized spacial score (nSPS) is 16.6.